The van der Waals surface area contributed by atoms with Crippen molar-refractivity contribution < 1.29 is 9.59 Å². The first-order valence-corrected chi connectivity index (χ1v) is 8.54. The molecule has 2 unspecified atom stereocenters. The summed E-state index contributed by atoms with van der Waals surface area (Å²) in [5.74, 6) is 0.494. The van der Waals surface area contributed by atoms with Gasteiger partial charge in [-0.25, -0.2) is 0 Å². The fourth-order valence-electron chi connectivity index (χ4n) is 3.38. The van der Waals surface area contributed by atoms with E-state index >= 15 is 0 Å². The molecule has 0 aromatic heterocycles. The summed E-state index contributed by atoms with van der Waals surface area (Å²) in [7, 11) is 0. The maximum atomic E-state index is 12.9. The highest BCUT2D eigenvalue weighted by Gasteiger charge is 2.59. The molecular formula is C17H30N2O2. The summed E-state index contributed by atoms with van der Waals surface area (Å²) in [6.07, 6.45) is 7.27. The molecular weight excluding hydrogens is 264 g/mol. The zero-order valence-corrected chi connectivity index (χ0v) is 14.0. The quantitative estimate of drug-likeness (QED) is 0.734. The van der Waals surface area contributed by atoms with Crippen molar-refractivity contribution in [3.8, 4) is 0 Å². The highest BCUT2D eigenvalue weighted by molar-refractivity contribution is 6.02. The maximum absolute atomic E-state index is 12.9. The molecule has 2 atom stereocenters. The van der Waals surface area contributed by atoms with Gasteiger partial charge in [-0.3, -0.25) is 9.59 Å². The van der Waals surface area contributed by atoms with Gasteiger partial charge >= 0.3 is 0 Å². The number of carbonyl (C=O) groups excluding carboxylic acids is 2. The first-order chi connectivity index (χ1) is 9.90. The lowest BCUT2D eigenvalue weighted by molar-refractivity contribution is -0.163. The molecule has 1 heterocycles. The van der Waals surface area contributed by atoms with Crippen LogP contribution in [0.2, 0.25) is 0 Å². The van der Waals surface area contributed by atoms with Crippen LogP contribution >= 0.6 is 0 Å². The van der Waals surface area contributed by atoms with Crippen molar-refractivity contribution in [3.63, 3.8) is 0 Å². The Morgan fingerprint density at radius 2 is 1.81 bits per heavy atom. The van der Waals surface area contributed by atoms with Gasteiger partial charge in [0.2, 0.25) is 11.8 Å². The Balaban J connectivity index is 2.19. The monoisotopic (exact) mass is 294 g/mol. The van der Waals surface area contributed by atoms with E-state index in [1.807, 2.05) is 25.7 Å². The summed E-state index contributed by atoms with van der Waals surface area (Å²) < 4.78 is 0. The molecule has 1 saturated heterocycles. The van der Waals surface area contributed by atoms with Gasteiger partial charge in [-0.1, -0.05) is 33.1 Å². The minimum atomic E-state index is -0.726. The van der Waals surface area contributed by atoms with Gasteiger partial charge in [-0.2, -0.15) is 0 Å². The smallest absolute Gasteiger partial charge is 0.248 e. The summed E-state index contributed by atoms with van der Waals surface area (Å²) in [6, 6.07) is 0. The molecule has 0 aromatic rings. The predicted octanol–water partition coefficient (Wildman–Crippen LogP) is 2.86. The second-order valence-corrected chi connectivity index (χ2v) is 7.08. The third-order valence-electron chi connectivity index (χ3n) is 5.44. The first kappa shape index (κ1) is 16.3. The van der Waals surface area contributed by atoms with Gasteiger partial charge in [-0.05, 0) is 45.4 Å². The number of carbonyl (C=O) groups is 2. The van der Waals surface area contributed by atoms with Crippen LogP contribution in [0, 0.1) is 5.92 Å². The second kappa shape index (κ2) is 5.98. The molecule has 2 fully saturated rings. The summed E-state index contributed by atoms with van der Waals surface area (Å²) in [5.41, 5.74) is -1.35. The van der Waals surface area contributed by atoms with E-state index in [2.05, 4.69) is 12.2 Å². The molecule has 4 nitrogen and oxygen atoms in total. The van der Waals surface area contributed by atoms with Crippen molar-refractivity contribution in [2.45, 2.75) is 83.7 Å². The molecule has 0 spiro atoms. The standard InChI is InChI=1S/C17H30N2O2/c1-5-7-8-9-12-19-15(21)16(3,6-2)18-14(20)17(19,4)13-10-11-13/h13H,5-12H2,1-4H3,(H,18,20). The molecule has 120 valence electrons. The third-order valence-corrected chi connectivity index (χ3v) is 5.44. The second-order valence-electron chi connectivity index (χ2n) is 7.08. The Morgan fingerprint density at radius 1 is 1.14 bits per heavy atom. The topological polar surface area (TPSA) is 49.4 Å². The van der Waals surface area contributed by atoms with Crippen LogP contribution in [0.4, 0.5) is 0 Å². The number of nitrogens with zero attached hydrogens (tertiary/aromatic N) is 1. The summed E-state index contributed by atoms with van der Waals surface area (Å²) in [4.78, 5) is 27.6. The van der Waals surface area contributed by atoms with E-state index in [1.54, 1.807) is 0 Å². The summed E-state index contributed by atoms with van der Waals surface area (Å²) in [5, 5.41) is 3.01. The minimum Gasteiger partial charge on any atom is -0.340 e. The lowest BCUT2D eigenvalue weighted by atomic mass is 9.82. The Morgan fingerprint density at radius 3 is 2.33 bits per heavy atom. The number of piperazine rings is 1. The molecule has 0 bridgehead atoms. The lowest BCUT2D eigenvalue weighted by Gasteiger charge is -2.50. The Kier molecular flexibility index (Phi) is 4.64. The van der Waals surface area contributed by atoms with Crippen molar-refractivity contribution >= 4 is 11.8 Å². The van der Waals surface area contributed by atoms with E-state index in [9.17, 15) is 9.59 Å². The number of hydrogen-bond donors (Lipinski definition) is 1. The molecule has 4 heteroatoms. The van der Waals surface area contributed by atoms with Gasteiger partial charge in [0, 0.05) is 6.54 Å². The molecule has 21 heavy (non-hydrogen) atoms. The van der Waals surface area contributed by atoms with Gasteiger partial charge in [0.05, 0.1) is 0 Å². The zero-order chi connectivity index (χ0) is 15.7. The zero-order valence-electron chi connectivity index (χ0n) is 14.0. The molecule has 1 aliphatic heterocycles. The van der Waals surface area contributed by atoms with E-state index in [-0.39, 0.29) is 11.8 Å². The van der Waals surface area contributed by atoms with Gasteiger partial charge in [0.15, 0.2) is 0 Å². The highest BCUT2D eigenvalue weighted by atomic mass is 16.2. The van der Waals surface area contributed by atoms with E-state index < -0.39 is 11.1 Å². The number of rotatable bonds is 7. The Bertz CT molecular complexity index is 419. The van der Waals surface area contributed by atoms with Crippen LogP contribution in [0.5, 0.6) is 0 Å². The van der Waals surface area contributed by atoms with Crippen LogP contribution < -0.4 is 5.32 Å². The fourth-order valence-corrected chi connectivity index (χ4v) is 3.38. The van der Waals surface area contributed by atoms with Crippen LogP contribution in [0.25, 0.3) is 0 Å². The molecule has 0 aromatic carbocycles. The number of hydrogen-bond acceptors (Lipinski definition) is 2. The molecule has 1 saturated carbocycles. The summed E-state index contributed by atoms with van der Waals surface area (Å²) in [6.45, 7) is 8.69. The van der Waals surface area contributed by atoms with E-state index in [0.29, 0.717) is 12.3 Å². The van der Waals surface area contributed by atoms with Crippen molar-refractivity contribution in [1.82, 2.24) is 10.2 Å². The molecule has 0 radical (unpaired) electrons. The molecule has 1 N–H and O–H groups in total. The molecule has 2 rings (SSSR count). The number of nitrogens with one attached hydrogen (secondary N) is 1. The Hall–Kier alpha value is -1.06. The fraction of sp³-hybridized carbons (Fsp3) is 0.882. The number of unbranched alkanes of at least 4 members (excludes halogenated alkanes) is 3. The summed E-state index contributed by atoms with van der Waals surface area (Å²) >= 11 is 0. The average Bonchev–Trinajstić information content (AvgIpc) is 3.29. The lowest BCUT2D eigenvalue weighted by Crippen LogP contribution is -2.74. The van der Waals surface area contributed by atoms with Crippen LogP contribution in [-0.2, 0) is 9.59 Å². The van der Waals surface area contributed by atoms with Crippen LogP contribution in [-0.4, -0.2) is 34.3 Å². The third kappa shape index (κ3) is 2.82. The van der Waals surface area contributed by atoms with Crippen molar-refractivity contribution in [1.29, 1.82) is 0 Å². The average molecular weight is 294 g/mol. The SMILES string of the molecule is CCCCCCN1C(=O)C(C)(CC)NC(=O)C1(C)C1CC1. The molecule has 2 amide bonds. The van der Waals surface area contributed by atoms with E-state index in [0.717, 1.165) is 32.2 Å². The largest absolute Gasteiger partial charge is 0.340 e. The normalized spacial score (nSPS) is 33.2. The highest BCUT2D eigenvalue weighted by Crippen LogP contribution is 2.46. The van der Waals surface area contributed by atoms with Crippen molar-refractivity contribution in [3.05, 3.63) is 0 Å². The predicted molar refractivity (Wildman–Crippen MR) is 83.8 cm³/mol. The Labute approximate surface area is 128 Å². The van der Waals surface area contributed by atoms with E-state index in [4.69, 9.17) is 0 Å². The van der Waals surface area contributed by atoms with Gasteiger partial charge in [0.25, 0.3) is 0 Å². The van der Waals surface area contributed by atoms with Gasteiger partial charge in [0.1, 0.15) is 11.1 Å². The van der Waals surface area contributed by atoms with E-state index in [1.165, 1.54) is 12.8 Å². The van der Waals surface area contributed by atoms with Crippen LogP contribution in [0.3, 0.4) is 0 Å². The molecule has 1 aliphatic carbocycles. The van der Waals surface area contributed by atoms with Crippen molar-refractivity contribution in [2.75, 3.05) is 6.54 Å². The molecule has 2 aliphatic rings. The van der Waals surface area contributed by atoms with Crippen LogP contribution in [0.15, 0.2) is 0 Å². The van der Waals surface area contributed by atoms with Gasteiger partial charge in [-0.15, -0.1) is 0 Å². The maximum Gasteiger partial charge on any atom is 0.248 e. The van der Waals surface area contributed by atoms with Gasteiger partial charge < -0.3 is 10.2 Å². The first-order valence-electron chi connectivity index (χ1n) is 8.54. The van der Waals surface area contributed by atoms with Crippen LogP contribution in [0.1, 0.15) is 72.6 Å². The number of amides is 2. The minimum absolute atomic E-state index is 0.0458. The van der Waals surface area contributed by atoms with Crippen molar-refractivity contribution in [2.24, 2.45) is 5.92 Å².